The van der Waals surface area contributed by atoms with Crippen molar-refractivity contribution >= 4 is 18.0 Å². The molecule has 1 N–H and O–H groups in total. The number of esters is 1. The van der Waals surface area contributed by atoms with Gasteiger partial charge in [0.25, 0.3) is 0 Å². The molecule has 1 saturated carbocycles. The van der Waals surface area contributed by atoms with E-state index in [1.54, 1.807) is 6.08 Å². The summed E-state index contributed by atoms with van der Waals surface area (Å²) in [6.45, 7) is 4.85. The summed E-state index contributed by atoms with van der Waals surface area (Å²) in [5, 5.41) is 11.2. The quantitative estimate of drug-likeness (QED) is 0.230. The number of hydrogen-bond donors (Lipinski definition) is 1. The maximum atomic E-state index is 13.6. The number of aliphatic hydroxyl groups excluding tert-OH is 1. The highest BCUT2D eigenvalue weighted by molar-refractivity contribution is 5.92. The van der Waals surface area contributed by atoms with E-state index in [1.807, 2.05) is 79.5 Å². The number of aliphatic hydroxyl groups is 1. The van der Waals surface area contributed by atoms with E-state index in [1.165, 1.54) is 18.1 Å². The van der Waals surface area contributed by atoms with Gasteiger partial charge in [-0.2, -0.15) is 0 Å². The number of carbonyl (C=O) groups excluding carboxylic acids is 2. The van der Waals surface area contributed by atoms with Crippen molar-refractivity contribution < 1.29 is 24.2 Å². The van der Waals surface area contributed by atoms with E-state index in [-0.39, 0.29) is 35.5 Å². The molecule has 2 aliphatic carbocycles. The Morgan fingerprint density at radius 2 is 1.95 bits per heavy atom. The Morgan fingerprint density at radius 3 is 2.73 bits per heavy atom. The van der Waals surface area contributed by atoms with Crippen molar-refractivity contribution in [1.82, 2.24) is 9.80 Å². The van der Waals surface area contributed by atoms with Gasteiger partial charge in [-0.1, -0.05) is 66.2 Å². The third-order valence-electron chi connectivity index (χ3n) is 10.5. The maximum Gasteiger partial charge on any atom is 0.308 e. The number of β-amino-alcohol motifs (C(OH)–C–C–N with tert-alkyl or cyclic N) is 1. The molecule has 3 aromatic rings. The van der Waals surface area contributed by atoms with Crippen molar-refractivity contribution in [1.29, 1.82) is 0 Å². The highest BCUT2D eigenvalue weighted by Gasteiger charge is 2.66. The Morgan fingerprint density at radius 1 is 1.14 bits per heavy atom. The van der Waals surface area contributed by atoms with Crippen LogP contribution in [0.25, 0.3) is 6.08 Å². The van der Waals surface area contributed by atoms with Gasteiger partial charge in [0.05, 0.1) is 12.1 Å². The maximum absolute atomic E-state index is 13.6. The van der Waals surface area contributed by atoms with Gasteiger partial charge in [-0.25, -0.2) is 0 Å². The number of aryl methyl sites for hydroxylation is 1. The number of amides is 1. The van der Waals surface area contributed by atoms with Crippen LogP contribution >= 0.6 is 0 Å². The van der Waals surface area contributed by atoms with Gasteiger partial charge in [0.2, 0.25) is 5.91 Å². The summed E-state index contributed by atoms with van der Waals surface area (Å²) in [6, 6.07) is 22.1. The van der Waals surface area contributed by atoms with Crippen LogP contribution < -0.4 is 9.47 Å². The fourth-order valence-electron chi connectivity index (χ4n) is 8.67. The zero-order valence-corrected chi connectivity index (χ0v) is 25.6. The molecule has 7 nitrogen and oxygen atoms in total. The van der Waals surface area contributed by atoms with Crippen LogP contribution in [-0.4, -0.2) is 65.1 Å². The van der Waals surface area contributed by atoms with Crippen LogP contribution in [0.3, 0.4) is 0 Å². The fourth-order valence-corrected chi connectivity index (χ4v) is 8.67. The van der Waals surface area contributed by atoms with E-state index in [4.69, 9.17) is 9.47 Å². The molecule has 7 rings (SSSR count). The first-order chi connectivity index (χ1) is 21.3. The van der Waals surface area contributed by atoms with E-state index in [0.717, 1.165) is 48.9 Å². The molecule has 0 aromatic heterocycles. The summed E-state index contributed by atoms with van der Waals surface area (Å²) < 4.78 is 12.6. The first-order valence-corrected chi connectivity index (χ1v) is 15.8. The van der Waals surface area contributed by atoms with E-state index in [9.17, 15) is 14.7 Å². The minimum atomic E-state index is -0.565. The van der Waals surface area contributed by atoms with Crippen LogP contribution in [0.5, 0.6) is 11.5 Å². The number of hydrogen-bond acceptors (Lipinski definition) is 6. The minimum absolute atomic E-state index is 0.0536. The summed E-state index contributed by atoms with van der Waals surface area (Å²) in [6.07, 6.45) is 6.18. The van der Waals surface area contributed by atoms with Gasteiger partial charge in [0.1, 0.15) is 6.10 Å². The first kappa shape index (κ1) is 28.8. The molecule has 2 aliphatic heterocycles. The number of piperidine rings is 1. The number of likely N-dealkylation sites (tertiary alicyclic amines) is 1. The second-order valence-electron chi connectivity index (χ2n) is 13.0. The highest BCUT2D eigenvalue weighted by Crippen LogP contribution is 2.64. The normalized spacial score (nSPS) is 27.4. The Bertz CT molecular complexity index is 1620. The molecule has 6 atom stereocenters. The Labute approximate surface area is 259 Å². The van der Waals surface area contributed by atoms with E-state index >= 15 is 0 Å². The molecule has 2 fully saturated rings. The second kappa shape index (κ2) is 11.2. The average Bonchev–Trinajstić information content (AvgIpc) is 3.37. The lowest BCUT2D eigenvalue weighted by atomic mass is 9.51. The third-order valence-corrected chi connectivity index (χ3v) is 10.5. The van der Waals surface area contributed by atoms with Crippen LogP contribution in [0, 0.1) is 12.8 Å². The number of carbonyl (C=O) groups is 2. The van der Waals surface area contributed by atoms with Gasteiger partial charge < -0.3 is 19.5 Å². The molecular formula is C37H40N2O5. The zero-order valence-electron chi connectivity index (χ0n) is 25.6. The Hall–Kier alpha value is -3.94. The van der Waals surface area contributed by atoms with Crippen LogP contribution in [0.2, 0.25) is 0 Å². The van der Waals surface area contributed by atoms with Crippen molar-refractivity contribution in [2.24, 2.45) is 5.92 Å². The molecule has 7 heteroatoms. The molecular weight excluding hydrogens is 552 g/mol. The summed E-state index contributed by atoms with van der Waals surface area (Å²) in [4.78, 5) is 30.0. The van der Waals surface area contributed by atoms with Gasteiger partial charge in [0, 0.05) is 43.6 Å². The molecule has 4 aliphatic rings. The van der Waals surface area contributed by atoms with Gasteiger partial charge in [0.15, 0.2) is 11.5 Å². The van der Waals surface area contributed by atoms with Crippen LogP contribution in [0.1, 0.15) is 60.1 Å². The monoisotopic (exact) mass is 592 g/mol. The molecule has 44 heavy (non-hydrogen) atoms. The lowest BCUT2D eigenvalue weighted by Crippen LogP contribution is -2.69. The lowest BCUT2D eigenvalue weighted by Gasteiger charge is -2.60. The van der Waals surface area contributed by atoms with Gasteiger partial charge in [-0.3, -0.25) is 14.5 Å². The lowest BCUT2D eigenvalue weighted by molar-refractivity contribution is -0.135. The predicted molar refractivity (Wildman–Crippen MR) is 168 cm³/mol. The zero-order chi connectivity index (χ0) is 30.6. The summed E-state index contributed by atoms with van der Waals surface area (Å²) in [7, 11) is 1.89. The second-order valence-corrected chi connectivity index (χ2v) is 13.0. The van der Waals surface area contributed by atoms with Crippen molar-refractivity contribution in [3.05, 3.63) is 101 Å². The molecule has 0 radical (unpaired) electrons. The Balaban J connectivity index is 1.22. The molecule has 1 unspecified atom stereocenters. The smallest absolute Gasteiger partial charge is 0.308 e. The van der Waals surface area contributed by atoms with Crippen LogP contribution in [-0.2, 0) is 21.4 Å². The van der Waals surface area contributed by atoms with Crippen LogP contribution in [0.15, 0.2) is 72.8 Å². The highest BCUT2D eigenvalue weighted by atomic mass is 16.6. The molecule has 228 valence electrons. The van der Waals surface area contributed by atoms with Gasteiger partial charge in [-0.05, 0) is 73.9 Å². The van der Waals surface area contributed by atoms with Gasteiger partial charge >= 0.3 is 5.97 Å². The number of benzene rings is 3. The average molecular weight is 593 g/mol. The minimum Gasteiger partial charge on any atom is -0.483 e. The largest absolute Gasteiger partial charge is 0.483 e. The molecule has 1 saturated heterocycles. The van der Waals surface area contributed by atoms with Crippen molar-refractivity contribution in [3.63, 3.8) is 0 Å². The molecule has 1 amide bonds. The first-order valence-electron chi connectivity index (χ1n) is 15.8. The predicted octanol–water partition coefficient (Wildman–Crippen LogP) is 5.23. The topological polar surface area (TPSA) is 79.3 Å². The molecule has 3 aromatic carbocycles. The van der Waals surface area contributed by atoms with E-state index in [0.29, 0.717) is 24.0 Å². The summed E-state index contributed by atoms with van der Waals surface area (Å²) >= 11 is 0. The summed E-state index contributed by atoms with van der Waals surface area (Å²) in [5.41, 5.74) is 5.17. The number of ether oxygens (including phenoxy) is 2. The van der Waals surface area contributed by atoms with E-state index < -0.39 is 6.10 Å². The SMILES string of the molecule is CC(=O)Oc1ccc2c3c1O[C@H]1[C@@H](N(C)C(=O)C=Cc4cccc(C)c4)CC[C@H]4[C@@H](C2)N(CC(O)c2ccccc2)CC[C@@]341. The van der Waals surface area contributed by atoms with E-state index in [2.05, 4.69) is 17.0 Å². The van der Waals surface area contributed by atoms with Crippen molar-refractivity contribution in [3.8, 4) is 11.5 Å². The number of rotatable bonds is 7. The molecule has 2 bridgehead atoms. The summed E-state index contributed by atoms with van der Waals surface area (Å²) in [5.74, 6) is 1.01. The number of likely N-dealkylation sites (N-methyl/N-ethyl adjacent to an activating group) is 1. The molecule has 2 heterocycles. The van der Waals surface area contributed by atoms with Gasteiger partial charge in [-0.15, -0.1) is 0 Å². The fraction of sp³-hybridized carbons (Fsp3) is 0.405. The van der Waals surface area contributed by atoms with Crippen molar-refractivity contribution in [2.75, 3.05) is 20.1 Å². The van der Waals surface area contributed by atoms with Crippen molar-refractivity contribution in [2.45, 2.75) is 69.2 Å². The Kier molecular flexibility index (Phi) is 7.34. The number of nitrogens with zero attached hydrogens (tertiary/aromatic N) is 2. The van der Waals surface area contributed by atoms with Crippen LogP contribution in [0.4, 0.5) is 0 Å². The molecule has 1 spiro atoms. The standard InChI is InChI=1S/C37H40N2O5/c1-23-8-7-9-25(20-23)12-17-33(42)38(3)29-15-14-28-30-21-27-13-16-32(43-24(2)40)35-34(27)37(28,36(29)44-35)18-19-39(30)22-31(41)26-10-5-4-6-11-26/h4-13,16-17,20,28-31,36,41H,14-15,18-19,21-22H2,1-3H3/t28-,29-,30+,31?,36-,37-/m0/s1. The third kappa shape index (κ3) is 4.74.